The molecule has 0 spiro atoms. The van der Waals surface area contributed by atoms with Gasteiger partial charge in [-0.05, 0) is 18.9 Å². The zero-order valence-corrected chi connectivity index (χ0v) is 12.4. The molecule has 0 unspecified atom stereocenters. The number of amides is 1. The Morgan fingerprint density at radius 2 is 2.14 bits per heavy atom. The Morgan fingerprint density at radius 3 is 2.86 bits per heavy atom. The zero-order chi connectivity index (χ0) is 15.4. The van der Waals surface area contributed by atoms with Gasteiger partial charge in [-0.3, -0.25) is 4.79 Å². The average Bonchev–Trinajstić information content (AvgIpc) is 3.27. The van der Waals surface area contributed by atoms with Gasteiger partial charge in [0.05, 0.1) is 12.2 Å². The van der Waals surface area contributed by atoms with Crippen molar-refractivity contribution in [2.45, 2.75) is 19.4 Å². The van der Waals surface area contributed by atoms with Crippen LogP contribution in [0.15, 0.2) is 17.1 Å². The summed E-state index contributed by atoms with van der Waals surface area (Å²) in [7, 11) is 3.53. The number of nitrogens with zero attached hydrogens (tertiary/aromatic N) is 5. The summed E-state index contributed by atoms with van der Waals surface area (Å²) in [4.78, 5) is 30.5. The maximum atomic E-state index is 12.3. The molecule has 2 aromatic rings. The SMILES string of the molecule is CN1Cc2nn(C)c(=O)n2-c2ccnc(NC(=O)C3CC3)c21. The largest absolute Gasteiger partial charge is 0.362 e. The number of nitrogens with one attached hydrogen (secondary N) is 1. The van der Waals surface area contributed by atoms with Crippen molar-refractivity contribution in [1.82, 2.24) is 19.3 Å². The van der Waals surface area contributed by atoms with Gasteiger partial charge >= 0.3 is 5.69 Å². The van der Waals surface area contributed by atoms with E-state index in [2.05, 4.69) is 15.4 Å². The Labute approximate surface area is 126 Å². The number of hydrogen-bond acceptors (Lipinski definition) is 5. The van der Waals surface area contributed by atoms with Crippen LogP contribution in [0.4, 0.5) is 11.5 Å². The summed E-state index contributed by atoms with van der Waals surface area (Å²) in [6.07, 6.45) is 3.47. The number of fused-ring (bicyclic) bond motifs is 3. The third-order valence-electron chi connectivity index (χ3n) is 4.09. The van der Waals surface area contributed by atoms with Crippen molar-refractivity contribution in [3.05, 3.63) is 28.6 Å². The Morgan fingerprint density at radius 1 is 1.36 bits per heavy atom. The van der Waals surface area contributed by atoms with Gasteiger partial charge in [-0.25, -0.2) is 19.0 Å². The van der Waals surface area contributed by atoms with E-state index in [1.165, 1.54) is 4.68 Å². The summed E-state index contributed by atoms with van der Waals surface area (Å²) in [5.74, 6) is 1.27. The predicted octanol–water partition coefficient (Wildman–Crippen LogP) is 0.264. The molecule has 2 aromatic heterocycles. The fourth-order valence-electron chi connectivity index (χ4n) is 2.81. The number of anilines is 2. The number of carbonyl (C=O) groups excluding carboxylic acids is 1. The van der Waals surface area contributed by atoms with Gasteiger partial charge in [0.1, 0.15) is 5.69 Å². The normalized spacial score (nSPS) is 16.2. The van der Waals surface area contributed by atoms with Crippen molar-refractivity contribution in [2.24, 2.45) is 13.0 Å². The predicted molar refractivity (Wildman–Crippen MR) is 80.1 cm³/mol. The second-order valence-corrected chi connectivity index (χ2v) is 5.80. The fourth-order valence-corrected chi connectivity index (χ4v) is 2.81. The van der Waals surface area contributed by atoms with E-state index in [1.807, 2.05) is 11.9 Å². The number of aromatic nitrogens is 4. The van der Waals surface area contributed by atoms with Crippen LogP contribution in [0.3, 0.4) is 0 Å². The van der Waals surface area contributed by atoms with E-state index in [-0.39, 0.29) is 17.5 Å². The quantitative estimate of drug-likeness (QED) is 0.860. The topological polar surface area (TPSA) is 85.1 Å². The Bertz CT molecular complexity index is 832. The number of aryl methyl sites for hydroxylation is 1. The van der Waals surface area contributed by atoms with Crippen molar-refractivity contribution in [1.29, 1.82) is 0 Å². The Hall–Kier alpha value is -2.64. The van der Waals surface area contributed by atoms with Gasteiger partial charge in [0, 0.05) is 26.2 Å². The molecule has 2 aliphatic rings. The van der Waals surface area contributed by atoms with Gasteiger partial charge in [0.2, 0.25) is 5.91 Å². The van der Waals surface area contributed by atoms with Crippen LogP contribution < -0.4 is 15.9 Å². The smallest absolute Gasteiger partial charge is 0.350 e. The van der Waals surface area contributed by atoms with E-state index < -0.39 is 0 Å². The third kappa shape index (κ3) is 1.83. The lowest BCUT2D eigenvalue weighted by Gasteiger charge is -2.28. The molecule has 1 amide bonds. The average molecular weight is 300 g/mol. The molecule has 0 atom stereocenters. The van der Waals surface area contributed by atoms with Crippen LogP contribution >= 0.6 is 0 Å². The van der Waals surface area contributed by atoms with Crippen LogP contribution in [0.5, 0.6) is 0 Å². The van der Waals surface area contributed by atoms with Crippen molar-refractivity contribution in [3.8, 4) is 5.69 Å². The first-order valence-corrected chi connectivity index (χ1v) is 7.22. The summed E-state index contributed by atoms with van der Waals surface area (Å²) >= 11 is 0. The minimum Gasteiger partial charge on any atom is -0.362 e. The second kappa shape index (κ2) is 4.43. The molecule has 1 saturated carbocycles. The van der Waals surface area contributed by atoms with Crippen molar-refractivity contribution in [2.75, 3.05) is 17.3 Å². The monoisotopic (exact) mass is 300 g/mol. The first-order valence-electron chi connectivity index (χ1n) is 7.22. The highest BCUT2D eigenvalue weighted by atomic mass is 16.2. The summed E-state index contributed by atoms with van der Waals surface area (Å²) < 4.78 is 2.89. The van der Waals surface area contributed by atoms with Crippen LogP contribution in [-0.2, 0) is 18.4 Å². The van der Waals surface area contributed by atoms with Gasteiger partial charge < -0.3 is 10.2 Å². The molecule has 8 nitrogen and oxygen atoms in total. The minimum absolute atomic E-state index is 0.00127. The fraction of sp³-hybridized carbons (Fsp3) is 0.429. The molecule has 114 valence electrons. The van der Waals surface area contributed by atoms with Crippen molar-refractivity contribution in [3.63, 3.8) is 0 Å². The first kappa shape index (κ1) is 13.1. The molecule has 1 aliphatic heterocycles. The number of rotatable bonds is 2. The highest BCUT2D eigenvalue weighted by Crippen LogP contribution is 2.36. The van der Waals surface area contributed by atoms with Crippen LogP contribution in [0.2, 0.25) is 0 Å². The molecule has 0 radical (unpaired) electrons. The Kier molecular flexibility index (Phi) is 2.63. The summed E-state index contributed by atoms with van der Waals surface area (Å²) in [6, 6.07) is 1.77. The summed E-state index contributed by atoms with van der Waals surface area (Å²) in [5, 5.41) is 7.13. The van der Waals surface area contributed by atoms with E-state index in [9.17, 15) is 9.59 Å². The van der Waals surface area contributed by atoms with Gasteiger partial charge in [0.15, 0.2) is 11.6 Å². The molecule has 0 bridgehead atoms. The van der Waals surface area contributed by atoms with Crippen LogP contribution in [-0.4, -0.2) is 32.3 Å². The molecule has 4 rings (SSSR count). The third-order valence-corrected chi connectivity index (χ3v) is 4.09. The molecular weight excluding hydrogens is 284 g/mol. The maximum absolute atomic E-state index is 12.3. The van der Waals surface area contributed by atoms with E-state index >= 15 is 0 Å². The molecular formula is C14H16N6O2. The summed E-state index contributed by atoms with van der Waals surface area (Å²) in [6.45, 7) is 0.487. The van der Waals surface area contributed by atoms with Gasteiger partial charge in [-0.15, -0.1) is 0 Å². The van der Waals surface area contributed by atoms with Gasteiger partial charge in [-0.2, -0.15) is 5.10 Å². The van der Waals surface area contributed by atoms with E-state index in [0.717, 1.165) is 18.5 Å². The first-order chi connectivity index (χ1) is 10.6. The van der Waals surface area contributed by atoms with E-state index in [1.54, 1.807) is 23.9 Å². The molecule has 1 N–H and O–H groups in total. The van der Waals surface area contributed by atoms with E-state index in [4.69, 9.17) is 0 Å². The number of carbonyl (C=O) groups is 1. The lowest BCUT2D eigenvalue weighted by atomic mass is 10.2. The lowest BCUT2D eigenvalue weighted by molar-refractivity contribution is -0.117. The minimum atomic E-state index is -0.199. The lowest BCUT2D eigenvalue weighted by Crippen LogP contribution is -2.32. The second-order valence-electron chi connectivity index (χ2n) is 5.80. The highest BCUT2D eigenvalue weighted by Gasteiger charge is 2.32. The maximum Gasteiger partial charge on any atom is 0.350 e. The van der Waals surface area contributed by atoms with Crippen LogP contribution in [0.1, 0.15) is 18.7 Å². The molecule has 1 aliphatic carbocycles. The van der Waals surface area contributed by atoms with Gasteiger partial charge in [-0.1, -0.05) is 0 Å². The number of hydrogen-bond donors (Lipinski definition) is 1. The Balaban J connectivity index is 1.85. The van der Waals surface area contributed by atoms with Crippen LogP contribution in [0.25, 0.3) is 5.69 Å². The molecule has 8 heteroatoms. The van der Waals surface area contributed by atoms with E-state index in [0.29, 0.717) is 23.9 Å². The molecule has 0 aromatic carbocycles. The van der Waals surface area contributed by atoms with Crippen molar-refractivity contribution >= 4 is 17.4 Å². The highest BCUT2D eigenvalue weighted by molar-refractivity contribution is 5.97. The van der Waals surface area contributed by atoms with Gasteiger partial charge in [0.25, 0.3) is 0 Å². The number of pyridine rings is 1. The molecule has 22 heavy (non-hydrogen) atoms. The van der Waals surface area contributed by atoms with Crippen molar-refractivity contribution < 1.29 is 4.79 Å². The standard InChI is InChI=1S/C14H16N6O2/c1-18-7-10-17-19(2)14(22)20(10)9-5-6-15-12(11(9)18)16-13(21)8-3-4-8/h5-6,8H,3-4,7H2,1-2H3,(H,15,16,21). The summed E-state index contributed by atoms with van der Waals surface area (Å²) in [5.41, 5.74) is 1.25. The molecule has 0 saturated heterocycles. The zero-order valence-electron chi connectivity index (χ0n) is 12.4. The van der Waals surface area contributed by atoms with Crippen LogP contribution in [0, 0.1) is 5.92 Å². The molecule has 3 heterocycles. The molecule has 1 fully saturated rings.